The molecule has 29 heavy (non-hydrogen) atoms. The molecule has 0 unspecified atom stereocenters. The molecule has 0 fully saturated rings. The lowest BCUT2D eigenvalue weighted by atomic mass is 10.1. The molecule has 0 amide bonds. The molecule has 4 nitrogen and oxygen atoms in total. The second-order valence-electron chi connectivity index (χ2n) is 6.05. The molecule has 9 heteroatoms. The van der Waals surface area contributed by atoms with Gasteiger partial charge in [0.1, 0.15) is 5.76 Å². The molecule has 2 aromatic carbocycles. The van der Waals surface area contributed by atoms with E-state index in [0.717, 1.165) is 21.9 Å². The van der Waals surface area contributed by atoms with Crippen LogP contribution in [0, 0.1) is 6.92 Å². The predicted molar refractivity (Wildman–Crippen MR) is 106 cm³/mol. The Labute approximate surface area is 173 Å². The van der Waals surface area contributed by atoms with Gasteiger partial charge in [-0.05, 0) is 55.5 Å². The highest BCUT2D eigenvalue weighted by molar-refractivity contribution is 8.00. The summed E-state index contributed by atoms with van der Waals surface area (Å²) in [5, 5.41) is 8.71. The molecular formula is C20H16F3NO3S2. The number of benzene rings is 2. The number of aromatic nitrogens is 1. The normalized spacial score (nSPS) is 11.6. The Balaban J connectivity index is 1.64. The number of rotatable bonds is 7. The molecule has 0 spiro atoms. The van der Waals surface area contributed by atoms with Crippen LogP contribution < -0.4 is 0 Å². The monoisotopic (exact) mass is 439 g/mol. The zero-order valence-electron chi connectivity index (χ0n) is 15.2. The first-order valence-electron chi connectivity index (χ1n) is 8.44. The largest absolute Gasteiger partial charge is 0.481 e. The van der Waals surface area contributed by atoms with E-state index in [4.69, 9.17) is 9.52 Å². The number of aliphatic carboxylic acids is 1. The summed E-state index contributed by atoms with van der Waals surface area (Å²) in [7, 11) is 0. The number of carbonyl (C=O) groups is 1. The molecule has 0 saturated heterocycles. The zero-order chi connectivity index (χ0) is 21.0. The summed E-state index contributed by atoms with van der Waals surface area (Å²) in [4.78, 5) is 16.8. The Morgan fingerprint density at radius 3 is 2.17 bits per heavy atom. The lowest BCUT2D eigenvalue weighted by Gasteiger charge is -2.06. The highest BCUT2D eigenvalue weighted by Crippen LogP contribution is 2.32. The highest BCUT2D eigenvalue weighted by Gasteiger charge is 2.30. The Hall–Kier alpha value is -2.39. The number of hydrogen-bond donors (Lipinski definition) is 1. The molecule has 3 aromatic rings. The van der Waals surface area contributed by atoms with Crippen LogP contribution in [0.25, 0.3) is 11.5 Å². The van der Waals surface area contributed by atoms with E-state index in [1.54, 1.807) is 6.92 Å². The van der Waals surface area contributed by atoms with E-state index in [-0.39, 0.29) is 11.6 Å². The number of alkyl halides is 3. The van der Waals surface area contributed by atoms with Gasteiger partial charge in [0.2, 0.25) is 5.89 Å². The molecule has 0 aliphatic rings. The third-order valence-electron chi connectivity index (χ3n) is 3.91. The fraction of sp³-hybridized carbons (Fsp3) is 0.200. The third kappa shape index (κ3) is 5.80. The van der Waals surface area contributed by atoms with E-state index in [1.807, 2.05) is 24.3 Å². The van der Waals surface area contributed by atoms with Crippen molar-refractivity contribution in [2.45, 2.75) is 28.6 Å². The zero-order valence-corrected chi connectivity index (χ0v) is 16.8. The van der Waals surface area contributed by atoms with Crippen molar-refractivity contribution in [2.75, 3.05) is 5.75 Å². The van der Waals surface area contributed by atoms with Gasteiger partial charge in [-0.25, -0.2) is 4.98 Å². The first-order chi connectivity index (χ1) is 13.7. The van der Waals surface area contributed by atoms with Crippen LogP contribution in [0.15, 0.2) is 62.7 Å². The minimum atomic E-state index is -4.38. The van der Waals surface area contributed by atoms with E-state index in [9.17, 15) is 18.0 Å². The number of carboxylic acids is 1. The maximum atomic E-state index is 12.7. The number of aryl methyl sites for hydroxylation is 1. The molecule has 0 radical (unpaired) electrons. The van der Waals surface area contributed by atoms with Crippen LogP contribution in [0.5, 0.6) is 0 Å². The van der Waals surface area contributed by atoms with Crippen molar-refractivity contribution in [1.82, 2.24) is 4.98 Å². The Morgan fingerprint density at radius 2 is 1.62 bits per heavy atom. The van der Waals surface area contributed by atoms with E-state index in [0.29, 0.717) is 22.8 Å². The van der Waals surface area contributed by atoms with Crippen molar-refractivity contribution in [1.29, 1.82) is 0 Å². The SMILES string of the molecule is Cc1nc(-c2ccc(C(F)(F)F)cc2)oc1CSc1ccc(SCC(=O)O)cc1. The number of nitrogens with zero attached hydrogens (tertiary/aromatic N) is 1. The number of thioether (sulfide) groups is 2. The van der Waals surface area contributed by atoms with Crippen molar-refractivity contribution in [3.63, 3.8) is 0 Å². The summed E-state index contributed by atoms with van der Waals surface area (Å²) in [6.45, 7) is 1.79. The number of carboxylic acid groups (broad SMARTS) is 1. The van der Waals surface area contributed by atoms with Crippen molar-refractivity contribution in [3.05, 3.63) is 65.5 Å². The van der Waals surface area contributed by atoms with E-state index >= 15 is 0 Å². The fourth-order valence-electron chi connectivity index (χ4n) is 2.41. The van der Waals surface area contributed by atoms with Crippen molar-refractivity contribution in [3.8, 4) is 11.5 Å². The summed E-state index contributed by atoms with van der Waals surface area (Å²) in [6.07, 6.45) is -4.38. The summed E-state index contributed by atoms with van der Waals surface area (Å²) < 4.78 is 43.8. The maximum absolute atomic E-state index is 12.7. The van der Waals surface area contributed by atoms with Gasteiger partial charge < -0.3 is 9.52 Å². The van der Waals surface area contributed by atoms with Crippen LogP contribution in [0.3, 0.4) is 0 Å². The van der Waals surface area contributed by atoms with Gasteiger partial charge in [-0.2, -0.15) is 13.2 Å². The average Bonchev–Trinajstić information content (AvgIpc) is 3.05. The second-order valence-corrected chi connectivity index (χ2v) is 8.14. The first kappa shape index (κ1) is 21.3. The number of halogens is 3. The molecule has 1 aromatic heterocycles. The average molecular weight is 439 g/mol. The van der Waals surface area contributed by atoms with Crippen molar-refractivity contribution >= 4 is 29.5 Å². The summed E-state index contributed by atoms with van der Waals surface area (Å²) in [6, 6.07) is 12.2. The minimum absolute atomic E-state index is 0.0104. The maximum Gasteiger partial charge on any atom is 0.416 e. The van der Waals surface area contributed by atoms with Crippen LogP contribution in [0.2, 0.25) is 0 Å². The molecule has 0 aliphatic heterocycles. The van der Waals surface area contributed by atoms with Crippen LogP contribution in [-0.2, 0) is 16.7 Å². The van der Waals surface area contributed by atoms with Crippen LogP contribution in [-0.4, -0.2) is 21.8 Å². The third-order valence-corrected chi connectivity index (χ3v) is 5.92. The lowest BCUT2D eigenvalue weighted by Crippen LogP contribution is -2.03. The van der Waals surface area contributed by atoms with Gasteiger partial charge in [0.25, 0.3) is 0 Å². The van der Waals surface area contributed by atoms with E-state index in [1.165, 1.54) is 35.7 Å². The topological polar surface area (TPSA) is 63.3 Å². The smallest absolute Gasteiger partial charge is 0.416 e. The molecule has 0 saturated carbocycles. The van der Waals surface area contributed by atoms with Crippen LogP contribution in [0.1, 0.15) is 17.0 Å². The Kier molecular flexibility index (Phi) is 6.59. The molecular weight excluding hydrogens is 423 g/mol. The molecule has 152 valence electrons. The molecule has 3 rings (SSSR count). The highest BCUT2D eigenvalue weighted by atomic mass is 32.2. The summed E-state index contributed by atoms with van der Waals surface area (Å²) >= 11 is 2.78. The van der Waals surface area contributed by atoms with Crippen LogP contribution in [0.4, 0.5) is 13.2 Å². The van der Waals surface area contributed by atoms with Gasteiger partial charge in [-0.3, -0.25) is 4.79 Å². The number of oxazole rings is 1. The van der Waals surface area contributed by atoms with Crippen LogP contribution >= 0.6 is 23.5 Å². The van der Waals surface area contributed by atoms with Gasteiger partial charge in [0.15, 0.2) is 0 Å². The van der Waals surface area contributed by atoms with E-state index in [2.05, 4.69) is 4.98 Å². The Morgan fingerprint density at radius 1 is 1.03 bits per heavy atom. The molecule has 0 aliphatic carbocycles. The number of hydrogen-bond acceptors (Lipinski definition) is 5. The standard InChI is InChI=1S/C20H16F3NO3S2/c1-12-17(10-28-15-6-8-16(9-7-15)29-11-18(25)26)27-19(24-12)13-2-4-14(5-3-13)20(21,22)23/h2-9H,10-11H2,1H3,(H,25,26). The summed E-state index contributed by atoms with van der Waals surface area (Å²) in [5.41, 5.74) is 0.448. The van der Waals surface area contributed by atoms with Gasteiger partial charge in [-0.1, -0.05) is 0 Å². The van der Waals surface area contributed by atoms with Crippen molar-refractivity contribution in [2.24, 2.45) is 0 Å². The molecule has 1 heterocycles. The molecule has 0 bridgehead atoms. The Bertz CT molecular complexity index is 984. The lowest BCUT2D eigenvalue weighted by molar-refractivity contribution is -0.137. The molecule has 0 atom stereocenters. The predicted octanol–water partition coefficient (Wildman–Crippen LogP) is 6.14. The van der Waals surface area contributed by atoms with Crippen molar-refractivity contribution < 1.29 is 27.5 Å². The molecule has 1 N–H and O–H groups in total. The van der Waals surface area contributed by atoms with E-state index < -0.39 is 17.7 Å². The quantitative estimate of drug-likeness (QED) is 0.446. The minimum Gasteiger partial charge on any atom is -0.481 e. The second kappa shape index (κ2) is 8.96. The summed E-state index contributed by atoms with van der Waals surface area (Å²) in [5.74, 6) is 0.594. The van der Waals surface area contributed by atoms with Gasteiger partial charge in [0.05, 0.1) is 22.8 Å². The van der Waals surface area contributed by atoms with Gasteiger partial charge in [0, 0.05) is 15.4 Å². The first-order valence-corrected chi connectivity index (χ1v) is 10.4. The van der Waals surface area contributed by atoms with Gasteiger partial charge in [-0.15, -0.1) is 23.5 Å². The van der Waals surface area contributed by atoms with Gasteiger partial charge >= 0.3 is 12.1 Å². The fourth-order valence-corrected chi connectivity index (χ4v) is 3.93.